The first kappa shape index (κ1) is 17.0. The van der Waals surface area contributed by atoms with Gasteiger partial charge in [0.05, 0.1) is 22.9 Å². The quantitative estimate of drug-likeness (QED) is 0.809. The van der Waals surface area contributed by atoms with Crippen LogP contribution in [0, 0.1) is 0 Å². The second-order valence-corrected chi connectivity index (χ2v) is 8.58. The molecule has 4 nitrogen and oxygen atoms in total. The first-order chi connectivity index (χ1) is 12.2. The van der Waals surface area contributed by atoms with Crippen molar-refractivity contribution < 1.29 is 0 Å². The smallest absolute Gasteiger partial charge is 0.114 e. The molecule has 2 N–H and O–H groups in total. The van der Waals surface area contributed by atoms with Crippen LogP contribution >= 0.6 is 11.8 Å². The van der Waals surface area contributed by atoms with E-state index in [9.17, 15) is 0 Å². The van der Waals surface area contributed by atoms with E-state index in [-0.39, 0.29) is 0 Å². The number of nitrogens with one attached hydrogen (secondary N) is 2. The van der Waals surface area contributed by atoms with Crippen LogP contribution in [-0.4, -0.2) is 53.4 Å². The molecule has 1 aliphatic heterocycles. The normalized spacial score (nSPS) is 21.4. The number of anilines is 1. The third-order valence-corrected chi connectivity index (χ3v) is 6.37. The Labute approximate surface area is 154 Å². The van der Waals surface area contributed by atoms with Crippen molar-refractivity contribution in [3.63, 3.8) is 0 Å². The van der Waals surface area contributed by atoms with E-state index in [0.29, 0.717) is 12.1 Å². The van der Waals surface area contributed by atoms with Gasteiger partial charge in [-0.3, -0.25) is 4.99 Å². The molecule has 0 amide bonds. The summed E-state index contributed by atoms with van der Waals surface area (Å²) in [4.78, 5) is 10.8. The predicted octanol–water partition coefficient (Wildman–Crippen LogP) is 4.34. The van der Waals surface area contributed by atoms with Crippen molar-refractivity contribution in [2.75, 3.05) is 31.7 Å². The number of aromatic nitrogens is 1. The SMILES string of the molecule is CN(C)CCC1CSC(c2cc3cccc(NC4CCCC4)c3[nH]2)=N1. The van der Waals surface area contributed by atoms with E-state index in [2.05, 4.69) is 53.6 Å². The van der Waals surface area contributed by atoms with Gasteiger partial charge in [-0.1, -0.05) is 25.0 Å². The number of aliphatic imine (C=N–C) groups is 1. The summed E-state index contributed by atoms with van der Waals surface area (Å²) < 4.78 is 0. The molecule has 1 aliphatic carbocycles. The monoisotopic (exact) mass is 356 g/mol. The summed E-state index contributed by atoms with van der Waals surface area (Å²) in [5.41, 5.74) is 3.64. The molecule has 4 rings (SSSR count). The lowest BCUT2D eigenvalue weighted by molar-refractivity contribution is 0.388. The van der Waals surface area contributed by atoms with Crippen molar-refractivity contribution >= 4 is 33.4 Å². The van der Waals surface area contributed by atoms with Crippen LogP contribution in [0.5, 0.6) is 0 Å². The molecule has 1 aromatic carbocycles. The summed E-state index contributed by atoms with van der Waals surface area (Å²) >= 11 is 1.89. The maximum absolute atomic E-state index is 4.96. The molecular weight excluding hydrogens is 328 g/mol. The lowest BCUT2D eigenvalue weighted by atomic mass is 10.2. The maximum atomic E-state index is 4.96. The Kier molecular flexibility index (Phi) is 5.04. The molecule has 1 unspecified atom stereocenters. The molecule has 2 heterocycles. The van der Waals surface area contributed by atoms with Gasteiger partial charge in [0.1, 0.15) is 5.04 Å². The molecule has 1 atom stereocenters. The molecule has 1 saturated carbocycles. The molecule has 25 heavy (non-hydrogen) atoms. The minimum absolute atomic E-state index is 0.449. The standard InChI is InChI=1S/C20H28N4S/c1-24(2)11-10-16-13-25-20(22-16)18-12-14-6-5-9-17(19(14)23-18)21-15-7-3-4-8-15/h5-6,9,12,15-16,21,23H,3-4,7-8,10-11,13H2,1-2H3. The topological polar surface area (TPSA) is 43.4 Å². The van der Waals surface area contributed by atoms with E-state index in [1.165, 1.54) is 53.0 Å². The molecule has 0 saturated heterocycles. The molecule has 2 aliphatic rings. The molecule has 0 spiro atoms. The third-order valence-electron chi connectivity index (χ3n) is 5.22. The van der Waals surface area contributed by atoms with Crippen LogP contribution in [0.15, 0.2) is 29.3 Å². The molecular formula is C20H28N4S. The van der Waals surface area contributed by atoms with Crippen LogP contribution in [0.25, 0.3) is 10.9 Å². The van der Waals surface area contributed by atoms with Crippen molar-refractivity contribution in [3.8, 4) is 0 Å². The summed E-state index contributed by atoms with van der Waals surface area (Å²) in [6.07, 6.45) is 6.43. The number of thioether (sulfide) groups is 1. The molecule has 5 heteroatoms. The minimum atomic E-state index is 0.449. The van der Waals surface area contributed by atoms with Crippen LogP contribution in [-0.2, 0) is 0 Å². The number of para-hydroxylation sites is 1. The fourth-order valence-electron chi connectivity index (χ4n) is 3.80. The Morgan fingerprint density at radius 2 is 2.12 bits per heavy atom. The van der Waals surface area contributed by atoms with Crippen LogP contribution < -0.4 is 5.32 Å². The Balaban J connectivity index is 1.54. The van der Waals surface area contributed by atoms with E-state index in [4.69, 9.17) is 4.99 Å². The zero-order valence-corrected chi connectivity index (χ0v) is 16.0. The first-order valence-electron chi connectivity index (χ1n) is 9.43. The Bertz CT molecular complexity index is 758. The zero-order valence-electron chi connectivity index (χ0n) is 15.2. The highest BCUT2D eigenvalue weighted by Crippen LogP contribution is 2.31. The number of H-pyrrole nitrogens is 1. The van der Waals surface area contributed by atoms with Crippen LogP contribution in [0.2, 0.25) is 0 Å². The van der Waals surface area contributed by atoms with Gasteiger partial charge < -0.3 is 15.2 Å². The van der Waals surface area contributed by atoms with E-state index >= 15 is 0 Å². The van der Waals surface area contributed by atoms with Crippen molar-refractivity contribution in [2.24, 2.45) is 4.99 Å². The van der Waals surface area contributed by atoms with Crippen molar-refractivity contribution in [1.29, 1.82) is 0 Å². The summed E-state index contributed by atoms with van der Waals surface area (Å²) in [5.74, 6) is 1.10. The summed E-state index contributed by atoms with van der Waals surface area (Å²) in [7, 11) is 4.26. The third kappa shape index (κ3) is 3.87. The molecule has 0 radical (unpaired) electrons. The van der Waals surface area contributed by atoms with E-state index in [0.717, 1.165) is 18.7 Å². The maximum Gasteiger partial charge on any atom is 0.114 e. The van der Waals surface area contributed by atoms with Crippen LogP contribution in [0.4, 0.5) is 5.69 Å². The summed E-state index contributed by atoms with van der Waals surface area (Å²) in [5, 5.41) is 6.19. The largest absolute Gasteiger partial charge is 0.381 e. The summed E-state index contributed by atoms with van der Waals surface area (Å²) in [6, 6.07) is 9.88. The summed E-state index contributed by atoms with van der Waals surface area (Å²) in [6.45, 7) is 1.10. The van der Waals surface area contributed by atoms with Crippen molar-refractivity contribution in [2.45, 2.75) is 44.2 Å². The number of nitrogens with zero attached hydrogens (tertiary/aromatic N) is 2. The molecule has 0 bridgehead atoms. The first-order valence-corrected chi connectivity index (χ1v) is 10.4. The number of hydrogen-bond donors (Lipinski definition) is 2. The minimum Gasteiger partial charge on any atom is -0.381 e. The Hall–Kier alpha value is -1.46. The van der Waals surface area contributed by atoms with Gasteiger partial charge in [0.25, 0.3) is 0 Å². The van der Waals surface area contributed by atoms with Gasteiger partial charge in [-0.25, -0.2) is 0 Å². The van der Waals surface area contributed by atoms with Crippen LogP contribution in [0.1, 0.15) is 37.8 Å². The average molecular weight is 357 g/mol. The number of fused-ring (bicyclic) bond motifs is 1. The van der Waals surface area contributed by atoms with Crippen LogP contribution in [0.3, 0.4) is 0 Å². The second kappa shape index (κ2) is 7.42. The van der Waals surface area contributed by atoms with Gasteiger partial charge in [-0.2, -0.15) is 0 Å². The van der Waals surface area contributed by atoms with Crippen molar-refractivity contribution in [3.05, 3.63) is 30.0 Å². The Morgan fingerprint density at radius 1 is 1.28 bits per heavy atom. The number of benzene rings is 1. The fraction of sp³-hybridized carbons (Fsp3) is 0.550. The molecule has 2 aromatic rings. The highest BCUT2D eigenvalue weighted by atomic mass is 32.2. The van der Waals surface area contributed by atoms with Gasteiger partial charge in [0.15, 0.2) is 0 Å². The fourth-order valence-corrected chi connectivity index (χ4v) is 4.88. The molecule has 1 fully saturated rings. The second-order valence-electron chi connectivity index (χ2n) is 7.57. The predicted molar refractivity (Wildman–Crippen MR) is 110 cm³/mol. The van der Waals surface area contributed by atoms with Gasteiger partial charge in [0, 0.05) is 17.2 Å². The molecule has 134 valence electrons. The lowest BCUT2D eigenvalue weighted by Gasteiger charge is -2.14. The number of hydrogen-bond acceptors (Lipinski definition) is 4. The van der Waals surface area contributed by atoms with Gasteiger partial charge >= 0.3 is 0 Å². The van der Waals surface area contributed by atoms with Gasteiger partial charge in [0.2, 0.25) is 0 Å². The lowest BCUT2D eigenvalue weighted by Crippen LogP contribution is -2.18. The van der Waals surface area contributed by atoms with E-state index < -0.39 is 0 Å². The zero-order chi connectivity index (χ0) is 17.2. The number of aromatic amines is 1. The average Bonchev–Trinajstić information content (AvgIpc) is 3.33. The van der Waals surface area contributed by atoms with E-state index in [1.54, 1.807) is 0 Å². The Morgan fingerprint density at radius 3 is 2.92 bits per heavy atom. The highest BCUT2D eigenvalue weighted by molar-refractivity contribution is 8.14. The highest BCUT2D eigenvalue weighted by Gasteiger charge is 2.21. The van der Waals surface area contributed by atoms with Crippen molar-refractivity contribution in [1.82, 2.24) is 9.88 Å². The van der Waals surface area contributed by atoms with Gasteiger partial charge in [-0.05, 0) is 52.0 Å². The van der Waals surface area contributed by atoms with Gasteiger partial charge in [-0.15, -0.1) is 11.8 Å². The number of rotatable bonds is 6. The molecule has 1 aromatic heterocycles. The van der Waals surface area contributed by atoms with E-state index in [1.807, 2.05) is 11.8 Å².